The topological polar surface area (TPSA) is 80.7 Å². The summed E-state index contributed by atoms with van der Waals surface area (Å²) in [5.41, 5.74) is -0.901. The molecule has 2 atom stereocenters. The first-order valence-corrected chi connectivity index (χ1v) is 11.4. The van der Waals surface area contributed by atoms with Crippen molar-refractivity contribution >= 4 is 15.9 Å². The molecular formula is C25H24O5S. The minimum atomic E-state index is -4.27. The number of carbonyl (C=O) groups excluding carboxylic acids is 1. The fourth-order valence-electron chi connectivity index (χ4n) is 4.25. The van der Waals surface area contributed by atoms with E-state index in [0.717, 1.165) is 5.56 Å². The number of aryl methyl sites for hydroxylation is 1. The summed E-state index contributed by atoms with van der Waals surface area (Å²) in [7, 11) is -4.27. The SMILES string of the molecule is Cc1ccc(S(=O)(=O)OC(c2ccccc2)C2(O)C(=O)c3ccccc3C2(C)C)cc1. The van der Waals surface area contributed by atoms with Gasteiger partial charge in [0.2, 0.25) is 0 Å². The van der Waals surface area contributed by atoms with Crippen molar-refractivity contribution in [3.05, 3.63) is 101 Å². The van der Waals surface area contributed by atoms with E-state index in [9.17, 15) is 18.3 Å². The minimum absolute atomic E-state index is 0.0385. The largest absolute Gasteiger partial charge is 0.378 e. The molecule has 0 radical (unpaired) electrons. The zero-order chi connectivity index (χ0) is 22.4. The van der Waals surface area contributed by atoms with Gasteiger partial charge >= 0.3 is 0 Å². The van der Waals surface area contributed by atoms with E-state index in [1.165, 1.54) is 12.1 Å². The van der Waals surface area contributed by atoms with Gasteiger partial charge in [-0.25, -0.2) is 0 Å². The molecule has 0 heterocycles. The molecule has 0 aliphatic heterocycles. The van der Waals surface area contributed by atoms with Gasteiger partial charge in [-0.3, -0.25) is 8.98 Å². The molecule has 1 N–H and O–H groups in total. The van der Waals surface area contributed by atoms with Crippen molar-refractivity contribution in [2.45, 2.75) is 42.8 Å². The van der Waals surface area contributed by atoms with Crippen molar-refractivity contribution in [3.8, 4) is 0 Å². The van der Waals surface area contributed by atoms with Crippen LogP contribution in [0.4, 0.5) is 0 Å². The molecule has 3 aromatic carbocycles. The smallest absolute Gasteiger partial charge is 0.297 e. The standard InChI is InChI=1S/C25H24O5S/c1-17-13-15-19(16-14-17)31(28,29)30-23(18-9-5-4-6-10-18)25(27)22(26)20-11-7-8-12-21(20)24(25,2)3/h4-16,23,27H,1-3H3. The molecule has 1 aliphatic carbocycles. The second-order valence-corrected chi connectivity index (χ2v) is 9.99. The number of carbonyl (C=O) groups is 1. The van der Waals surface area contributed by atoms with E-state index in [0.29, 0.717) is 16.7 Å². The molecule has 160 valence electrons. The summed E-state index contributed by atoms with van der Waals surface area (Å²) in [4.78, 5) is 13.5. The zero-order valence-electron chi connectivity index (χ0n) is 17.6. The lowest BCUT2D eigenvalue weighted by molar-refractivity contribution is -0.0726. The third-order valence-electron chi connectivity index (χ3n) is 6.16. The van der Waals surface area contributed by atoms with Gasteiger partial charge in [0.15, 0.2) is 11.4 Å². The Kier molecular flexibility index (Phi) is 5.12. The fraction of sp³-hybridized carbons (Fsp3) is 0.240. The molecule has 0 aromatic heterocycles. The van der Waals surface area contributed by atoms with E-state index in [4.69, 9.17) is 4.18 Å². The Morgan fingerprint density at radius 2 is 1.45 bits per heavy atom. The molecule has 2 unspecified atom stereocenters. The highest BCUT2D eigenvalue weighted by Crippen LogP contribution is 2.53. The third-order valence-corrected chi connectivity index (χ3v) is 7.45. The molecular weight excluding hydrogens is 412 g/mol. The van der Waals surface area contributed by atoms with Gasteiger partial charge in [-0.1, -0.05) is 86.1 Å². The lowest BCUT2D eigenvalue weighted by atomic mass is 9.70. The molecule has 6 heteroatoms. The number of hydrogen-bond acceptors (Lipinski definition) is 5. The van der Waals surface area contributed by atoms with Crippen LogP contribution < -0.4 is 0 Å². The molecule has 0 amide bonds. The van der Waals surface area contributed by atoms with Crippen molar-refractivity contribution in [2.75, 3.05) is 0 Å². The summed E-state index contributed by atoms with van der Waals surface area (Å²) in [6.07, 6.45) is -1.44. The molecule has 3 aromatic rings. The molecule has 0 saturated heterocycles. The van der Waals surface area contributed by atoms with Gasteiger partial charge in [-0.15, -0.1) is 0 Å². The highest BCUT2D eigenvalue weighted by atomic mass is 32.2. The van der Waals surface area contributed by atoms with Crippen LogP contribution in [-0.4, -0.2) is 24.9 Å². The number of ketones is 1. The van der Waals surface area contributed by atoms with Crippen molar-refractivity contribution in [1.82, 2.24) is 0 Å². The molecule has 0 saturated carbocycles. The molecule has 1 aliphatic rings. The van der Waals surface area contributed by atoms with Gasteiger partial charge < -0.3 is 5.11 Å². The minimum Gasteiger partial charge on any atom is -0.378 e. The van der Waals surface area contributed by atoms with Crippen molar-refractivity contribution in [2.24, 2.45) is 0 Å². The number of aliphatic hydroxyl groups is 1. The van der Waals surface area contributed by atoms with E-state index in [1.807, 2.05) is 6.92 Å². The normalized spacial score (nSPS) is 21.0. The summed E-state index contributed by atoms with van der Waals surface area (Å²) in [6, 6.07) is 21.7. The average molecular weight is 437 g/mol. The predicted molar refractivity (Wildman–Crippen MR) is 117 cm³/mol. The summed E-state index contributed by atoms with van der Waals surface area (Å²) < 4.78 is 32.0. The number of benzene rings is 3. The van der Waals surface area contributed by atoms with Crippen LogP contribution in [0.15, 0.2) is 83.8 Å². The Morgan fingerprint density at radius 3 is 2.06 bits per heavy atom. The van der Waals surface area contributed by atoms with Crippen molar-refractivity contribution in [1.29, 1.82) is 0 Å². The summed E-state index contributed by atoms with van der Waals surface area (Å²) in [5.74, 6) is -0.555. The van der Waals surface area contributed by atoms with Crippen LogP contribution in [0.3, 0.4) is 0 Å². The van der Waals surface area contributed by atoms with Crippen LogP contribution >= 0.6 is 0 Å². The van der Waals surface area contributed by atoms with E-state index < -0.39 is 33.0 Å². The fourth-order valence-corrected chi connectivity index (χ4v) is 5.33. The monoisotopic (exact) mass is 436 g/mol. The Hall–Kier alpha value is -2.80. The van der Waals surface area contributed by atoms with Gasteiger partial charge in [0.25, 0.3) is 10.1 Å². The summed E-state index contributed by atoms with van der Waals surface area (Å²) in [6.45, 7) is 5.31. The maximum Gasteiger partial charge on any atom is 0.297 e. The predicted octanol–water partition coefficient (Wildman–Crippen LogP) is 4.35. The van der Waals surface area contributed by atoms with Crippen LogP contribution in [0.25, 0.3) is 0 Å². The Morgan fingerprint density at radius 1 is 0.871 bits per heavy atom. The lowest BCUT2D eigenvalue weighted by Gasteiger charge is -2.41. The number of rotatable bonds is 5. The van der Waals surface area contributed by atoms with Gasteiger partial charge in [0.1, 0.15) is 6.10 Å². The molecule has 0 spiro atoms. The van der Waals surface area contributed by atoms with Crippen molar-refractivity contribution < 1.29 is 22.5 Å². The van der Waals surface area contributed by atoms with E-state index in [2.05, 4.69) is 0 Å². The van der Waals surface area contributed by atoms with E-state index >= 15 is 0 Å². The molecule has 5 nitrogen and oxygen atoms in total. The molecule has 0 bridgehead atoms. The van der Waals surface area contributed by atoms with Gasteiger partial charge in [0, 0.05) is 11.0 Å². The molecule has 31 heavy (non-hydrogen) atoms. The Bertz CT molecular complexity index is 1230. The highest BCUT2D eigenvalue weighted by molar-refractivity contribution is 7.86. The number of fused-ring (bicyclic) bond motifs is 1. The summed E-state index contributed by atoms with van der Waals surface area (Å²) in [5, 5.41) is 11.9. The molecule has 4 rings (SSSR count). The quantitative estimate of drug-likeness (QED) is 0.602. The van der Waals surface area contributed by atoms with E-state index in [-0.39, 0.29) is 4.90 Å². The number of hydrogen-bond donors (Lipinski definition) is 1. The van der Waals surface area contributed by atoms with E-state index in [1.54, 1.807) is 80.6 Å². The highest BCUT2D eigenvalue weighted by Gasteiger charge is 2.63. The maximum atomic E-state index is 13.5. The Labute approximate surface area is 182 Å². The van der Waals surface area contributed by atoms with Crippen LogP contribution in [0, 0.1) is 6.92 Å². The van der Waals surface area contributed by atoms with Crippen LogP contribution in [-0.2, 0) is 19.7 Å². The maximum absolute atomic E-state index is 13.5. The lowest BCUT2D eigenvalue weighted by Crippen LogP contribution is -2.54. The van der Waals surface area contributed by atoms with Crippen molar-refractivity contribution in [3.63, 3.8) is 0 Å². The van der Waals surface area contributed by atoms with Gasteiger partial charge in [-0.2, -0.15) is 8.42 Å². The second-order valence-electron chi connectivity index (χ2n) is 8.42. The van der Waals surface area contributed by atoms with Gasteiger partial charge in [-0.05, 0) is 30.2 Å². The summed E-state index contributed by atoms with van der Waals surface area (Å²) >= 11 is 0. The average Bonchev–Trinajstić information content (AvgIpc) is 2.92. The molecule has 0 fully saturated rings. The second kappa shape index (κ2) is 7.41. The zero-order valence-corrected chi connectivity index (χ0v) is 18.4. The first-order chi connectivity index (χ1) is 14.6. The van der Waals surface area contributed by atoms with Crippen LogP contribution in [0.5, 0.6) is 0 Å². The number of Topliss-reactive ketones (excluding diaryl/α,β-unsaturated/α-hetero) is 1. The first-order valence-electron chi connectivity index (χ1n) is 10.0. The van der Waals surface area contributed by atoms with Crippen LogP contribution in [0.1, 0.15) is 47.0 Å². The Balaban J connectivity index is 1.87. The third kappa shape index (κ3) is 3.31. The van der Waals surface area contributed by atoms with Crippen LogP contribution in [0.2, 0.25) is 0 Å². The van der Waals surface area contributed by atoms with Gasteiger partial charge in [0.05, 0.1) is 4.90 Å². The first kappa shape index (κ1) is 21.4.